The van der Waals surface area contributed by atoms with E-state index in [0.29, 0.717) is 17.9 Å². The quantitative estimate of drug-likeness (QED) is 0.617. The van der Waals surface area contributed by atoms with Crippen molar-refractivity contribution in [1.82, 2.24) is 9.62 Å². The average Bonchev–Trinajstić information content (AvgIpc) is 2.77. The number of anilines is 2. The van der Waals surface area contributed by atoms with Gasteiger partial charge in [0.05, 0.1) is 10.7 Å². The molecule has 1 saturated heterocycles. The van der Waals surface area contributed by atoms with Crippen LogP contribution in [0.4, 0.5) is 11.4 Å². The highest BCUT2D eigenvalue weighted by Crippen LogP contribution is 2.35. The maximum absolute atomic E-state index is 12.9. The molecule has 0 radical (unpaired) electrons. The molecule has 2 heterocycles. The third-order valence-electron chi connectivity index (χ3n) is 5.93. The molecule has 2 aliphatic rings. The third kappa shape index (κ3) is 5.78. The van der Waals surface area contributed by atoms with E-state index in [0.717, 1.165) is 32.7 Å². The number of aryl methyl sites for hydroxylation is 1. The van der Waals surface area contributed by atoms with Gasteiger partial charge in [-0.05, 0) is 50.6 Å². The van der Waals surface area contributed by atoms with Crippen molar-refractivity contribution < 1.29 is 17.9 Å². The Hall–Kier alpha value is -2.33. The Bertz CT molecular complexity index is 1130. The molecule has 0 aromatic heterocycles. The number of piperazine rings is 1. The van der Waals surface area contributed by atoms with E-state index in [-0.39, 0.29) is 28.5 Å². The van der Waals surface area contributed by atoms with E-state index in [9.17, 15) is 13.2 Å². The van der Waals surface area contributed by atoms with Crippen LogP contribution in [0.25, 0.3) is 0 Å². The first-order chi connectivity index (χ1) is 15.7. The van der Waals surface area contributed by atoms with Crippen LogP contribution in [0.2, 0.25) is 5.02 Å². The Labute approximate surface area is 199 Å². The monoisotopic (exact) mass is 492 g/mol. The molecule has 0 spiro atoms. The number of halogens is 1. The normalized spacial score (nSPS) is 17.8. The van der Waals surface area contributed by atoms with Gasteiger partial charge in [0.15, 0.2) is 6.61 Å². The topological polar surface area (TPSA) is 91.0 Å². The van der Waals surface area contributed by atoms with Gasteiger partial charge in [0.2, 0.25) is 10.0 Å². The standard InChI is InChI=1S/C23H29ClN4O4S/c1-16-4-3-5-18(12-16)28-10-8-27(9-11-28)7-6-17(2)26-33(30,31)22-14-21-20(13-19(22)24)25-23(29)15-32-21/h3-5,12-14,17,26H,6-11,15H2,1-2H3,(H,25,29). The number of benzene rings is 2. The zero-order chi connectivity index (χ0) is 23.6. The largest absolute Gasteiger partial charge is 0.482 e. The fourth-order valence-corrected chi connectivity index (χ4v) is 5.93. The molecule has 8 nitrogen and oxygen atoms in total. The molecule has 2 aliphatic heterocycles. The van der Waals surface area contributed by atoms with Gasteiger partial charge < -0.3 is 15.0 Å². The van der Waals surface area contributed by atoms with Gasteiger partial charge >= 0.3 is 0 Å². The molecule has 2 aromatic rings. The van der Waals surface area contributed by atoms with Crippen LogP contribution >= 0.6 is 11.6 Å². The lowest BCUT2D eigenvalue weighted by atomic mass is 10.2. The molecule has 1 unspecified atom stereocenters. The van der Waals surface area contributed by atoms with Crippen LogP contribution < -0.4 is 19.7 Å². The van der Waals surface area contributed by atoms with E-state index >= 15 is 0 Å². The molecule has 0 aliphatic carbocycles. The SMILES string of the molecule is Cc1cccc(N2CCN(CCC(C)NS(=O)(=O)c3cc4c(cc3Cl)NC(=O)CO4)CC2)c1. The summed E-state index contributed by atoms with van der Waals surface area (Å²) in [5, 5.41) is 2.65. The van der Waals surface area contributed by atoms with Crippen molar-refractivity contribution in [3.05, 3.63) is 47.0 Å². The highest BCUT2D eigenvalue weighted by atomic mass is 35.5. The maximum Gasteiger partial charge on any atom is 0.262 e. The summed E-state index contributed by atoms with van der Waals surface area (Å²) >= 11 is 6.21. The second-order valence-corrected chi connectivity index (χ2v) is 10.7. The predicted octanol–water partition coefficient (Wildman–Crippen LogP) is 2.86. The number of nitrogens with one attached hydrogen (secondary N) is 2. The van der Waals surface area contributed by atoms with Gasteiger partial charge in [0.1, 0.15) is 10.6 Å². The fraction of sp³-hybridized carbons (Fsp3) is 0.435. The van der Waals surface area contributed by atoms with E-state index in [1.165, 1.54) is 23.4 Å². The molecule has 10 heteroatoms. The first-order valence-electron chi connectivity index (χ1n) is 11.0. The number of amides is 1. The van der Waals surface area contributed by atoms with Crippen LogP contribution in [0.15, 0.2) is 41.3 Å². The molecule has 0 bridgehead atoms. The summed E-state index contributed by atoms with van der Waals surface area (Å²) in [5.41, 5.74) is 2.88. The van der Waals surface area contributed by atoms with Crippen LogP contribution in [-0.4, -0.2) is 64.6 Å². The van der Waals surface area contributed by atoms with E-state index in [1.807, 2.05) is 6.92 Å². The van der Waals surface area contributed by atoms with Gasteiger partial charge in [0.25, 0.3) is 5.91 Å². The second-order valence-electron chi connectivity index (χ2n) is 8.59. The predicted molar refractivity (Wildman–Crippen MR) is 130 cm³/mol. The fourth-order valence-electron chi connectivity index (χ4n) is 4.11. The Balaban J connectivity index is 1.30. The number of fused-ring (bicyclic) bond motifs is 1. The maximum atomic E-state index is 12.9. The summed E-state index contributed by atoms with van der Waals surface area (Å²) in [6.45, 7) is 8.37. The molecule has 2 N–H and O–H groups in total. The summed E-state index contributed by atoms with van der Waals surface area (Å²) < 4.78 is 33.9. The number of rotatable bonds is 7. The molecule has 178 valence electrons. The van der Waals surface area contributed by atoms with E-state index in [4.69, 9.17) is 16.3 Å². The number of sulfonamides is 1. The van der Waals surface area contributed by atoms with Crippen LogP contribution in [0.1, 0.15) is 18.9 Å². The Kier molecular flexibility index (Phi) is 7.13. The molecule has 33 heavy (non-hydrogen) atoms. The van der Waals surface area contributed by atoms with Crippen molar-refractivity contribution in [1.29, 1.82) is 0 Å². The number of nitrogens with zero attached hydrogens (tertiary/aromatic N) is 2. The molecule has 4 rings (SSSR count). The van der Waals surface area contributed by atoms with Gasteiger partial charge in [-0.25, -0.2) is 13.1 Å². The molecular formula is C23H29ClN4O4S. The molecule has 1 fully saturated rings. The molecular weight excluding hydrogens is 464 g/mol. The third-order valence-corrected chi connectivity index (χ3v) is 7.98. The molecule has 2 aromatic carbocycles. The van der Waals surface area contributed by atoms with Gasteiger partial charge in [-0.3, -0.25) is 9.69 Å². The van der Waals surface area contributed by atoms with E-state index in [2.05, 4.69) is 51.0 Å². The zero-order valence-corrected chi connectivity index (χ0v) is 20.4. The van der Waals surface area contributed by atoms with Crippen molar-refractivity contribution in [3.63, 3.8) is 0 Å². The van der Waals surface area contributed by atoms with Crippen LogP contribution in [0.5, 0.6) is 5.75 Å². The first-order valence-corrected chi connectivity index (χ1v) is 12.9. The van der Waals surface area contributed by atoms with E-state index < -0.39 is 10.0 Å². The highest BCUT2D eigenvalue weighted by Gasteiger charge is 2.26. The van der Waals surface area contributed by atoms with Crippen LogP contribution in [-0.2, 0) is 14.8 Å². The van der Waals surface area contributed by atoms with Gasteiger partial charge in [-0.2, -0.15) is 0 Å². The number of ether oxygens (including phenoxy) is 1. The van der Waals surface area contributed by atoms with Crippen molar-refractivity contribution in [3.8, 4) is 5.75 Å². The minimum Gasteiger partial charge on any atom is -0.482 e. The number of hydrogen-bond donors (Lipinski definition) is 2. The average molecular weight is 493 g/mol. The van der Waals surface area contributed by atoms with Crippen molar-refractivity contribution >= 4 is 38.9 Å². The summed E-state index contributed by atoms with van der Waals surface area (Å²) in [4.78, 5) is 16.1. The van der Waals surface area contributed by atoms with Crippen LogP contribution in [0, 0.1) is 6.92 Å². The summed E-state index contributed by atoms with van der Waals surface area (Å²) in [7, 11) is -3.84. The summed E-state index contributed by atoms with van der Waals surface area (Å²) in [6, 6.07) is 11.0. The van der Waals surface area contributed by atoms with Gasteiger partial charge in [0, 0.05) is 44.0 Å². The Morgan fingerprint density at radius 3 is 2.67 bits per heavy atom. The van der Waals surface area contributed by atoms with Crippen molar-refractivity contribution in [2.45, 2.75) is 31.2 Å². The number of hydrogen-bond acceptors (Lipinski definition) is 6. The first kappa shape index (κ1) is 23.8. The van der Waals surface area contributed by atoms with Crippen LogP contribution in [0.3, 0.4) is 0 Å². The van der Waals surface area contributed by atoms with Gasteiger partial charge in [-0.1, -0.05) is 23.7 Å². The van der Waals surface area contributed by atoms with Crippen molar-refractivity contribution in [2.75, 3.05) is 49.5 Å². The number of carbonyl (C=O) groups excluding carboxylic acids is 1. The lowest BCUT2D eigenvalue weighted by Gasteiger charge is -2.36. The Morgan fingerprint density at radius 1 is 1.18 bits per heavy atom. The molecule has 1 atom stereocenters. The van der Waals surface area contributed by atoms with Crippen molar-refractivity contribution in [2.24, 2.45) is 0 Å². The molecule has 1 amide bonds. The number of carbonyl (C=O) groups is 1. The lowest BCUT2D eigenvalue weighted by molar-refractivity contribution is -0.118. The van der Waals surface area contributed by atoms with Gasteiger partial charge in [-0.15, -0.1) is 0 Å². The second kappa shape index (κ2) is 9.89. The zero-order valence-electron chi connectivity index (χ0n) is 18.8. The lowest BCUT2D eigenvalue weighted by Crippen LogP contribution is -2.47. The summed E-state index contributed by atoms with van der Waals surface area (Å²) in [6.07, 6.45) is 0.679. The minimum absolute atomic E-state index is 0.0338. The Morgan fingerprint density at radius 2 is 1.94 bits per heavy atom. The summed E-state index contributed by atoms with van der Waals surface area (Å²) in [5.74, 6) is -0.0147. The minimum atomic E-state index is -3.84. The van der Waals surface area contributed by atoms with E-state index in [1.54, 1.807) is 0 Å². The highest BCUT2D eigenvalue weighted by molar-refractivity contribution is 7.89. The molecule has 0 saturated carbocycles. The smallest absolute Gasteiger partial charge is 0.262 e.